The number of piperidine rings is 1. The number of pyridine rings is 1. The minimum atomic E-state index is -5.90. The molecular formula is C29H33F3N6O13P2. The van der Waals surface area contributed by atoms with Gasteiger partial charge < -0.3 is 45.0 Å². The predicted octanol–water partition coefficient (Wildman–Crippen LogP) is 0.815. The zero-order chi connectivity index (χ0) is 39.7. The Kier molecular flexibility index (Phi) is 10.3. The average molecular weight is 793 g/mol. The summed E-state index contributed by atoms with van der Waals surface area (Å²) < 4.78 is 73.4. The Morgan fingerprint density at radius 3 is 2.08 bits per heavy atom. The molecule has 24 heteroatoms. The molecule has 5 rings (SSSR count). The standard InChI is InChI=1S/C29H33F3N6O13P2/c1-11(33)25(40)35-26(41)12(2)38(28(44)51-29(3,52(45,46)47)53(48,49)50)21-15-8-36(9-16(15)21)24-19(32)7-14-22(39)17(27(42)43)10-37(23(14)34-24)20-5-4-13(30)6-18(20)31/h4-7,11-12,15-17,21H,8-10,33H2,1-3H3,(H,42,43)(H,35,40,41)(H2,45,46,47)(H2,48,49,50)/t11-,12?,15-,16+,17?,21?/m0/s1. The van der Waals surface area contributed by atoms with Crippen LogP contribution in [0.25, 0.3) is 0 Å². The number of carboxylic acid groups (broad SMARTS) is 1. The number of amides is 3. The van der Waals surface area contributed by atoms with Crippen molar-refractivity contribution in [3.8, 4) is 0 Å². The number of aromatic nitrogens is 1. The van der Waals surface area contributed by atoms with Crippen LogP contribution in [-0.2, 0) is 28.3 Å². The van der Waals surface area contributed by atoms with E-state index >= 15 is 4.39 Å². The number of nitrogens with zero attached hydrogens (tertiary/aromatic N) is 4. The predicted molar refractivity (Wildman–Crippen MR) is 173 cm³/mol. The van der Waals surface area contributed by atoms with Gasteiger partial charge in [0.05, 0.1) is 17.3 Å². The molecule has 6 atom stereocenters. The monoisotopic (exact) mass is 792 g/mol. The first-order valence-electron chi connectivity index (χ1n) is 15.6. The number of ether oxygens (including phenoxy) is 1. The number of Topliss-reactive ketones (excluding diaryl/α,β-unsaturated/α-hetero) is 1. The number of fused-ring (bicyclic) bond motifs is 2. The van der Waals surface area contributed by atoms with Gasteiger partial charge in [0, 0.05) is 43.6 Å². The largest absolute Gasteiger partial charge is 0.481 e. The van der Waals surface area contributed by atoms with Crippen LogP contribution >= 0.6 is 15.2 Å². The van der Waals surface area contributed by atoms with Gasteiger partial charge >= 0.3 is 32.3 Å². The van der Waals surface area contributed by atoms with Crippen LogP contribution in [0.15, 0.2) is 24.3 Å². The Morgan fingerprint density at radius 1 is 0.981 bits per heavy atom. The minimum absolute atomic E-state index is 0.153. The molecule has 1 saturated heterocycles. The normalized spacial score (nSPS) is 22.4. The van der Waals surface area contributed by atoms with Crippen LogP contribution in [-0.4, -0.2) is 107 Å². The molecule has 3 aliphatic rings. The van der Waals surface area contributed by atoms with E-state index in [9.17, 15) is 66.6 Å². The maximum absolute atomic E-state index is 15.7. The zero-order valence-corrected chi connectivity index (χ0v) is 29.6. The van der Waals surface area contributed by atoms with Gasteiger partial charge in [0.25, 0.3) is 0 Å². The van der Waals surface area contributed by atoms with Crippen LogP contribution < -0.4 is 20.9 Å². The van der Waals surface area contributed by atoms with Crippen molar-refractivity contribution in [1.82, 2.24) is 15.2 Å². The second kappa shape index (κ2) is 13.8. The number of anilines is 3. The van der Waals surface area contributed by atoms with Crippen molar-refractivity contribution in [2.75, 3.05) is 29.4 Å². The summed E-state index contributed by atoms with van der Waals surface area (Å²) in [6.45, 7) is 1.70. The Hall–Kier alpha value is -4.43. The SMILES string of the molecule is CC(C(=O)NC(=O)[C@H](C)N)N(C(=O)OC(C)(P(=O)(O)O)P(=O)(O)O)C1[C@H]2CN(c3nc4c(cc3F)C(=O)C(C(=O)O)CN4c3ccc(F)cc3F)C[C@@H]12. The van der Waals surface area contributed by atoms with Crippen molar-refractivity contribution >= 4 is 62.2 Å². The van der Waals surface area contributed by atoms with Crippen LogP contribution in [0.4, 0.5) is 35.3 Å². The summed E-state index contributed by atoms with van der Waals surface area (Å²) in [6, 6.07) is -0.790. The fraction of sp³-hybridized carbons (Fsp3) is 0.448. The molecule has 2 fully saturated rings. The third-order valence-corrected chi connectivity index (χ3v) is 13.3. The lowest BCUT2D eigenvalue weighted by molar-refractivity contribution is -0.140. The van der Waals surface area contributed by atoms with Gasteiger partial charge in [-0.05, 0) is 39.0 Å². The number of benzene rings is 1. The molecule has 3 amide bonds. The van der Waals surface area contributed by atoms with Gasteiger partial charge in [-0.3, -0.25) is 38.5 Å². The number of hydrogen-bond donors (Lipinski definition) is 7. The van der Waals surface area contributed by atoms with Crippen molar-refractivity contribution in [2.45, 2.75) is 44.0 Å². The third-order valence-electron chi connectivity index (χ3n) is 9.44. The highest BCUT2D eigenvalue weighted by molar-refractivity contribution is 7.72. The molecule has 8 N–H and O–H groups in total. The smallest absolute Gasteiger partial charge is 0.412 e. The van der Waals surface area contributed by atoms with Crippen molar-refractivity contribution < 1.29 is 75.7 Å². The molecular weight excluding hydrogens is 759 g/mol. The number of aliphatic carboxylic acids is 1. The summed E-state index contributed by atoms with van der Waals surface area (Å²) in [5, 5.41) is 7.91. The van der Waals surface area contributed by atoms with Gasteiger partial charge in [0.2, 0.25) is 11.8 Å². The lowest BCUT2D eigenvalue weighted by Gasteiger charge is -2.36. The second-order valence-corrected chi connectivity index (χ2v) is 17.2. The first kappa shape index (κ1) is 39.8. The molecule has 2 aromatic rings. The first-order chi connectivity index (χ1) is 24.4. The van der Waals surface area contributed by atoms with Gasteiger partial charge in [0.1, 0.15) is 29.4 Å². The Balaban J connectivity index is 1.47. The van der Waals surface area contributed by atoms with Gasteiger partial charge in [-0.1, -0.05) is 0 Å². The number of rotatable bonds is 10. The van der Waals surface area contributed by atoms with E-state index in [1.54, 1.807) is 0 Å². The van der Waals surface area contributed by atoms with E-state index < -0.39 is 121 Å². The molecule has 1 saturated carbocycles. The fourth-order valence-corrected chi connectivity index (χ4v) is 8.06. The highest BCUT2D eigenvalue weighted by atomic mass is 31.2. The number of carboxylic acids is 1. The molecule has 0 radical (unpaired) electrons. The number of hydrogen-bond acceptors (Lipinski definition) is 12. The molecule has 2 aliphatic heterocycles. The lowest BCUT2D eigenvalue weighted by atomic mass is 9.92. The molecule has 0 spiro atoms. The van der Waals surface area contributed by atoms with E-state index in [2.05, 4.69) is 4.98 Å². The van der Waals surface area contributed by atoms with Crippen molar-refractivity contribution in [1.29, 1.82) is 0 Å². The summed E-state index contributed by atoms with van der Waals surface area (Å²) in [5.74, 6) is -11.8. The number of carbonyl (C=O) groups is 5. The zero-order valence-electron chi connectivity index (χ0n) is 27.8. The molecule has 3 unspecified atom stereocenters. The van der Waals surface area contributed by atoms with Crippen molar-refractivity contribution in [3.63, 3.8) is 0 Å². The highest BCUT2D eigenvalue weighted by Gasteiger charge is 2.65. The number of imide groups is 1. The van der Waals surface area contributed by atoms with E-state index in [0.717, 1.165) is 30.0 Å². The van der Waals surface area contributed by atoms with E-state index in [1.165, 1.54) is 11.8 Å². The van der Waals surface area contributed by atoms with Gasteiger partial charge in [0.15, 0.2) is 17.4 Å². The van der Waals surface area contributed by atoms with Gasteiger partial charge in [-0.2, -0.15) is 0 Å². The van der Waals surface area contributed by atoms with E-state index in [4.69, 9.17) is 10.5 Å². The molecule has 19 nitrogen and oxygen atoms in total. The molecule has 1 aromatic heterocycles. The van der Waals surface area contributed by atoms with Gasteiger partial charge in [-0.15, -0.1) is 0 Å². The average Bonchev–Trinajstić information content (AvgIpc) is 3.49. The fourth-order valence-electron chi connectivity index (χ4n) is 6.31. The third kappa shape index (κ3) is 7.15. The summed E-state index contributed by atoms with van der Waals surface area (Å²) in [4.78, 5) is 110. The Morgan fingerprint density at radius 2 is 1.57 bits per heavy atom. The Bertz CT molecular complexity index is 1980. The maximum atomic E-state index is 15.7. The number of carbonyl (C=O) groups excluding carboxylic acids is 4. The van der Waals surface area contributed by atoms with Crippen LogP contribution in [0.5, 0.6) is 0 Å². The van der Waals surface area contributed by atoms with Crippen molar-refractivity contribution in [2.24, 2.45) is 23.5 Å². The van der Waals surface area contributed by atoms with E-state index in [-0.39, 0.29) is 24.6 Å². The molecule has 288 valence electrons. The quantitative estimate of drug-likeness (QED) is 0.129. The van der Waals surface area contributed by atoms with E-state index in [0.29, 0.717) is 17.9 Å². The summed E-state index contributed by atoms with van der Waals surface area (Å²) in [7, 11) is -11.8. The lowest BCUT2D eigenvalue weighted by Crippen LogP contribution is -2.55. The molecule has 1 aromatic carbocycles. The summed E-state index contributed by atoms with van der Waals surface area (Å²) in [6.07, 6.45) is -1.75. The van der Waals surface area contributed by atoms with Crippen LogP contribution in [0.1, 0.15) is 31.1 Å². The van der Waals surface area contributed by atoms with Crippen LogP contribution in [0.2, 0.25) is 0 Å². The molecule has 3 heterocycles. The maximum Gasteiger partial charge on any atom is 0.412 e. The molecule has 53 heavy (non-hydrogen) atoms. The van der Waals surface area contributed by atoms with Crippen LogP contribution in [0, 0.1) is 35.2 Å². The number of halogens is 3. The number of nitrogens with two attached hydrogens (primary N) is 1. The topological polar surface area (TPSA) is 291 Å². The van der Waals surface area contributed by atoms with Crippen molar-refractivity contribution in [3.05, 3.63) is 47.3 Å². The first-order valence-corrected chi connectivity index (χ1v) is 18.8. The van der Waals surface area contributed by atoms with E-state index in [1.807, 2.05) is 5.32 Å². The summed E-state index contributed by atoms with van der Waals surface area (Å²) in [5.41, 5.74) is 4.63. The van der Waals surface area contributed by atoms with Gasteiger partial charge in [-0.25, -0.2) is 22.9 Å². The molecule has 0 bridgehead atoms. The Labute approximate surface area is 297 Å². The second-order valence-electron chi connectivity index (χ2n) is 13.0. The highest BCUT2D eigenvalue weighted by Crippen LogP contribution is 2.69. The molecule has 1 aliphatic carbocycles. The number of nitrogens with one attached hydrogen (secondary N) is 1. The minimum Gasteiger partial charge on any atom is -0.481 e. The summed E-state index contributed by atoms with van der Waals surface area (Å²) >= 11 is 0. The number of ketones is 1. The van der Waals surface area contributed by atoms with Crippen LogP contribution in [0.3, 0.4) is 0 Å².